The van der Waals surface area contributed by atoms with Crippen LogP contribution >= 0.6 is 0 Å². The standard InChI is InChI=1S/C45H29N3O/c1-46-32-20-23-43-41(26-32)37-12-5-7-16-42(37)48(43)34-21-22-35-31(24-34)28-47(33-10-3-2-4-11-33)27-30-19-18-29(25-40(30)35)36-14-9-15-39-38-13-6-8-17-44(38)49-45(36)39/h2-26H,27-28H2. The van der Waals surface area contributed by atoms with Crippen molar-refractivity contribution in [1.82, 2.24) is 4.57 Å². The van der Waals surface area contributed by atoms with Crippen LogP contribution in [0.4, 0.5) is 11.4 Å². The molecule has 0 saturated heterocycles. The molecule has 2 aromatic heterocycles. The van der Waals surface area contributed by atoms with Crippen LogP contribution in [0.15, 0.2) is 156 Å². The van der Waals surface area contributed by atoms with Gasteiger partial charge in [0.2, 0.25) is 0 Å². The molecule has 0 amide bonds. The van der Waals surface area contributed by atoms with Crippen molar-refractivity contribution in [3.63, 3.8) is 0 Å². The van der Waals surface area contributed by atoms with Gasteiger partial charge in [0.05, 0.1) is 17.6 Å². The van der Waals surface area contributed by atoms with Crippen LogP contribution in [-0.4, -0.2) is 4.57 Å². The van der Waals surface area contributed by atoms with E-state index in [1.54, 1.807) is 0 Å². The summed E-state index contributed by atoms with van der Waals surface area (Å²) in [6.45, 7) is 9.19. The number of nitrogens with zero attached hydrogens (tertiary/aromatic N) is 3. The average Bonchev–Trinajstić information content (AvgIpc) is 3.65. The van der Waals surface area contributed by atoms with Gasteiger partial charge in [-0.3, -0.25) is 0 Å². The van der Waals surface area contributed by atoms with E-state index in [0.29, 0.717) is 5.69 Å². The Labute approximate surface area is 283 Å². The van der Waals surface area contributed by atoms with Crippen LogP contribution in [0.2, 0.25) is 0 Å². The van der Waals surface area contributed by atoms with Gasteiger partial charge in [0.1, 0.15) is 11.2 Å². The lowest BCUT2D eigenvalue weighted by molar-refractivity contribution is 0.670. The third kappa shape index (κ3) is 4.30. The molecule has 0 bridgehead atoms. The van der Waals surface area contributed by atoms with E-state index in [4.69, 9.17) is 11.0 Å². The van der Waals surface area contributed by atoms with Crippen molar-refractivity contribution < 1.29 is 4.42 Å². The van der Waals surface area contributed by atoms with Gasteiger partial charge >= 0.3 is 0 Å². The maximum atomic E-state index is 7.62. The number of hydrogen-bond acceptors (Lipinski definition) is 2. The minimum Gasteiger partial charge on any atom is -0.455 e. The van der Waals surface area contributed by atoms with Crippen molar-refractivity contribution in [3.8, 4) is 27.9 Å². The fraction of sp³-hybridized carbons (Fsp3) is 0.0444. The van der Waals surface area contributed by atoms with Gasteiger partial charge in [0.25, 0.3) is 0 Å². The van der Waals surface area contributed by atoms with Crippen molar-refractivity contribution in [2.75, 3.05) is 4.90 Å². The van der Waals surface area contributed by atoms with E-state index < -0.39 is 0 Å². The molecule has 0 atom stereocenters. The summed E-state index contributed by atoms with van der Waals surface area (Å²) in [5.74, 6) is 0. The molecule has 230 valence electrons. The first-order valence-corrected chi connectivity index (χ1v) is 16.6. The van der Waals surface area contributed by atoms with Gasteiger partial charge in [-0.25, -0.2) is 4.85 Å². The summed E-state index contributed by atoms with van der Waals surface area (Å²) in [4.78, 5) is 6.20. The van der Waals surface area contributed by atoms with E-state index in [1.807, 2.05) is 24.3 Å². The molecule has 7 aromatic carbocycles. The van der Waals surface area contributed by atoms with Crippen LogP contribution in [0.1, 0.15) is 11.1 Å². The lowest BCUT2D eigenvalue weighted by Crippen LogP contribution is -2.20. The highest BCUT2D eigenvalue weighted by molar-refractivity contribution is 6.11. The fourth-order valence-electron chi connectivity index (χ4n) is 7.82. The molecular weight excluding hydrogens is 599 g/mol. The first kappa shape index (κ1) is 27.5. The van der Waals surface area contributed by atoms with E-state index in [2.05, 4.69) is 142 Å². The Balaban J connectivity index is 1.18. The Morgan fingerprint density at radius 1 is 0.510 bits per heavy atom. The Morgan fingerprint density at radius 3 is 2.18 bits per heavy atom. The lowest BCUT2D eigenvalue weighted by Gasteiger charge is -2.24. The molecule has 4 nitrogen and oxygen atoms in total. The summed E-state index contributed by atoms with van der Waals surface area (Å²) < 4.78 is 8.81. The normalized spacial score (nSPS) is 12.7. The third-order valence-corrected chi connectivity index (χ3v) is 10.1. The predicted molar refractivity (Wildman–Crippen MR) is 202 cm³/mol. The molecule has 0 N–H and O–H groups in total. The fourth-order valence-corrected chi connectivity index (χ4v) is 7.82. The van der Waals surface area contributed by atoms with E-state index in [-0.39, 0.29) is 0 Å². The molecule has 9 aromatic rings. The molecule has 0 aliphatic carbocycles. The highest BCUT2D eigenvalue weighted by Gasteiger charge is 2.23. The topological polar surface area (TPSA) is 25.7 Å². The van der Waals surface area contributed by atoms with E-state index in [0.717, 1.165) is 73.6 Å². The van der Waals surface area contributed by atoms with Crippen molar-refractivity contribution in [2.24, 2.45) is 0 Å². The van der Waals surface area contributed by atoms with Crippen LogP contribution < -0.4 is 4.90 Å². The number of para-hydroxylation sites is 4. The Bertz CT molecular complexity index is 2800. The van der Waals surface area contributed by atoms with Gasteiger partial charge in [0, 0.05) is 46.2 Å². The maximum absolute atomic E-state index is 7.62. The first-order chi connectivity index (χ1) is 24.2. The molecular formula is C45H29N3O. The second-order valence-electron chi connectivity index (χ2n) is 12.9. The molecule has 1 aliphatic heterocycles. The van der Waals surface area contributed by atoms with Crippen molar-refractivity contribution in [1.29, 1.82) is 0 Å². The van der Waals surface area contributed by atoms with Gasteiger partial charge < -0.3 is 13.9 Å². The van der Waals surface area contributed by atoms with Crippen LogP contribution in [0, 0.1) is 6.57 Å². The molecule has 0 unspecified atom stereocenters. The van der Waals surface area contributed by atoms with Crippen molar-refractivity contribution in [3.05, 3.63) is 174 Å². The molecule has 49 heavy (non-hydrogen) atoms. The second-order valence-corrected chi connectivity index (χ2v) is 12.9. The Hall–Kier alpha value is -6.57. The van der Waals surface area contributed by atoms with Gasteiger partial charge in [-0.05, 0) is 87.8 Å². The smallest absolute Gasteiger partial charge is 0.188 e. The zero-order valence-corrected chi connectivity index (χ0v) is 26.6. The van der Waals surface area contributed by atoms with Crippen molar-refractivity contribution in [2.45, 2.75) is 13.1 Å². The number of hydrogen-bond donors (Lipinski definition) is 0. The molecule has 10 rings (SSSR count). The summed E-state index contributed by atoms with van der Waals surface area (Å²) >= 11 is 0. The highest BCUT2D eigenvalue weighted by Crippen LogP contribution is 2.42. The Morgan fingerprint density at radius 2 is 1.29 bits per heavy atom. The van der Waals surface area contributed by atoms with Crippen LogP contribution in [0.25, 0.3) is 76.5 Å². The zero-order chi connectivity index (χ0) is 32.5. The third-order valence-electron chi connectivity index (χ3n) is 10.1. The summed E-state index contributed by atoms with van der Waals surface area (Å²) in [6, 6.07) is 53.8. The van der Waals surface area contributed by atoms with Crippen LogP contribution in [0.3, 0.4) is 0 Å². The summed E-state index contributed by atoms with van der Waals surface area (Å²) in [5.41, 5.74) is 14.3. The van der Waals surface area contributed by atoms with Gasteiger partial charge in [-0.15, -0.1) is 0 Å². The average molecular weight is 628 g/mol. The molecule has 0 fully saturated rings. The summed E-state index contributed by atoms with van der Waals surface area (Å²) in [5, 5.41) is 4.53. The predicted octanol–water partition coefficient (Wildman–Crippen LogP) is 12.1. The summed E-state index contributed by atoms with van der Waals surface area (Å²) in [7, 11) is 0. The number of anilines is 1. The SMILES string of the molecule is [C-]#[N+]c1ccc2c(c1)c1ccccc1n2-c1ccc2c(c1)CN(c1ccccc1)Cc1ccc(-c3cccc4c3oc3ccccc34)cc1-2. The molecule has 1 aliphatic rings. The summed E-state index contributed by atoms with van der Waals surface area (Å²) in [6.07, 6.45) is 0. The molecule has 0 spiro atoms. The minimum atomic E-state index is 0.654. The van der Waals surface area contributed by atoms with Gasteiger partial charge in [-0.1, -0.05) is 97.1 Å². The molecule has 0 radical (unpaired) electrons. The number of fused-ring (bicyclic) bond motifs is 9. The molecule has 0 saturated carbocycles. The molecule has 4 heteroatoms. The molecule has 3 heterocycles. The van der Waals surface area contributed by atoms with Gasteiger partial charge in [0.15, 0.2) is 5.69 Å². The highest BCUT2D eigenvalue weighted by atomic mass is 16.3. The van der Waals surface area contributed by atoms with Crippen molar-refractivity contribution >= 4 is 55.1 Å². The number of rotatable bonds is 3. The van der Waals surface area contributed by atoms with Crippen LogP contribution in [0.5, 0.6) is 0 Å². The van der Waals surface area contributed by atoms with Gasteiger partial charge in [-0.2, -0.15) is 0 Å². The first-order valence-electron chi connectivity index (χ1n) is 16.6. The monoisotopic (exact) mass is 627 g/mol. The quantitative estimate of drug-likeness (QED) is 0.182. The Kier molecular flexibility index (Phi) is 6.03. The number of furan rings is 1. The largest absolute Gasteiger partial charge is 0.455 e. The van der Waals surface area contributed by atoms with E-state index in [1.165, 1.54) is 27.9 Å². The van der Waals surface area contributed by atoms with Crippen LogP contribution in [-0.2, 0) is 13.1 Å². The second kappa shape index (κ2) is 10.7. The minimum absolute atomic E-state index is 0.654. The number of aromatic nitrogens is 1. The maximum Gasteiger partial charge on any atom is 0.188 e. The zero-order valence-electron chi connectivity index (χ0n) is 26.6. The lowest BCUT2D eigenvalue weighted by atomic mass is 9.92. The number of benzene rings is 7. The van der Waals surface area contributed by atoms with E-state index >= 15 is 0 Å². The van der Waals surface area contributed by atoms with E-state index in [9.17, 15) is 0 Å².